The van der Waals surface area contributed by atoms with Crippen molar-refractivity contribution in [1.82, 2.24) is 9.80 Å². The highest BCUT2D eigenvalue weighted by Gasteiger charge is 2.21. The van der Waals surface area contributed by atoms with Crippen LogP contribution in [-0.4, -0.2) is 29.6 Å². The van der Waals surface area contributed by atoms with Crippen LogP contribution in [-0.2, 0) is 13.1 Å². The Morgan fingerprint density at radius 2 is 0.893 bits per heavy atom. The molecule has 3 rings (SSSR count). The van der Waals surface area contributed by atoms with Gasteiger partial charge >= 0.3 is 0 Å². The van der Waals surface area contributed by atoms with Crippen molar-refractivity contribution in [3.05, 3.63) is 67.8 Å². The lowest BCUT2D eigenvalue weighted by Gasteiger charge is -2.37. The molecule has 0 radical (unpaired) electrons. The van der Waals surface area contributed by atoms with Gasteiger partial charge < -0.3 is 0 Å². The normalized spacial score (nSPS) is 16.0. The lowest BCUT2D eigenvalue weighted by molar-refractivity contribution is 0.0740. The Bertz CT molecular complexity index is 755. The van der Waals surface area contributed by atoms with Gasteiger partial charge in [0.1, 0.15) is 0 Å². The third-order valence-electron chi connectivity index (χ3n) is 7.15. The molecule has 28 heavy (non-hydrogen) atoms. The Morgan fingerprint density at radius 1 is 0.571 bits per heavy atom. The predicted molar refractivity (Wildman–Crippen MR) is 121 cm³/mol. The number of rotatable bonds is 4. The molecule has 0 N–H and O–H groups in total. The van der Waals surface area contributed by atoms with Crippen LogP contribution in [0.15, 0.2) is 12.1 Å². The van der Waals surface area contributed by atoms with Gasteiger partial charge in [-0.2, -0.15) is 0 Å². The molecule has 1 fully saturated rings. The van der Waals surface area contributed by atoms with Crippen molar-refractivity contribution in [2.75, 3.05) is 19.8 Å². The van der Waals surface area contributed by atoms with E-state index in [2.05, 4.69) is 77.3 Å². The molecular weight excluding hydrogens is 340 g/mol. The van der Waals surface area contributed by atoms with Gasteiger partial charge in [0.25, 0.3) is 0 Å². The summed E-state index contributed by atoms with van der Waals surface area (Å²) in [6.45, 7) is 23.8. The average molecular weight is 379 g/mol. The number of benzene rings is 2. The molecule has 0 atom stereocenters. The van der Waals surface area contributed by atoms with Crippen molar-refractivity contribution in [3.8, 4) is 0 Å². The highest BCUT2D eigenvalue weighted by molar-refractivity contribution is 5.45. The predicted octanol–water partition coefficient (Wildman–Crippen LogP) is 5.82. The van der Waals surface area contributed by atoms with Crippen LogP contribution in [0.25, 0.3) is 0 Å². The third kappa shape index (κ3) is 4.18. The fourth-order valence-corrected chi connectivity index (χ4v) is 4.72. The first-order valence-electron chi connectivity index (χ1n) is 10.8. The summed E-state index contributed by atoms with van der Waals surface area (Å²) in [7, 11) is 0. The van der Waals surface area contributed by atoms with Crippen molar-refractivity contribution in [2.45, 2.75) is 74.9 Å². The fraction of sp³-hybridized carbons (Fsp3) is 0.538. The highest BCUT2D eigenvalue weighted by atomic mass is 15.3. The second-order valence-corrected chi connectivity index (χ2v) is 9.08. The first-order valence-corrected chi connectivity index (χ1v) is 10.8. The summed E-state index contributed by atoms with van der Waals surface area (Å²) < 4.78 is 0. The average Bonchev–Trinajstić information content (AvgIpc) is 2.66. The Hall–Kier alpha value is -1.64. The van der Waals surface area contributed by atoms with Crippen LogP contribution in [0.4, 0.5) is 0 Å². The first-order chi connectivity index (χ1) is 13.2. The summed E-state index contributed by atoms with van der Waals surface area (Å²) >= 11 is 0. The lowest BCUT2D eigenvalue weighted by Crippen LogP contribution is -2.44. The van der Waals surface area contributed by atoms with E-state index in [1.54, 1.807) is 0 Å². The maximum Gasteiger partial charge on any atom is 0.0512 e. The minimum atomic E-state index is 1.07. The number of hydrogen-bond acceptors (Lipinski definition) is 2. The van der Waals surface area contributed by atoms with E-state index in [0.717, 1.165) is 19.8 Å². The van der Waals surface area contributed by atoms with Crippen molar-refractivity contribution < 1.29 is 0 Å². The molecule has 0 amide bonds. The SMILES string of the molecule is Cc1cc(C)c(C)c(CN2CCCN(Cc3c(C)c(C)cc(C)c3C)C2)c1C. The first kappa shape index (κ1) is 21.1. The van der Waals surface area contributed by atoms with Gasteiger partial charge in [0.15, 0.2) is 0 Å². The molecule has 0 aromatic heterocycles. The van der Waals surface area contributed by atoms with Gasteiger partial charge in [0, 0.05) is 26.2 Å². The molecule has 1 saturated heterocycles. The van der Waals surface area contributed by atoms with E-state index in [0.29, 0.717) is 0 Å². The van der Waals surface area contributed by atoms with Crippen LogP contribution in [0.3, 0.4) is 0 Å². The van der Waals surface area contributed by atoms with Gasteiger partial charge in [-0.05, 0) is 117 Å². The van der Waals surface area contributed by atoms with Crippen molar-refractivity contribution in [1.29, 1.82) is 0 Å². The van der Waals surface area contributed by atoms with Gasteiger partial charge in [0.05, 0.1) is 6.67 Å². The van der Waals surface area contributed by atoms with E-state index < -0.39 is 0 Å². The van der Waals surface area contributed by atoms with Gasteiger partial charge in [-0.15, -0.1) is 0 Å². The molecule has 152 valence electrons. The molecule has 0 aliphatic carbocycles. The maximum atomic E-state index is 2.64. The molecule has 0 bridgehead atoms. The van der Waals surface area contributed by atoms with E-state index >= 15 is 0 Å². The van der Waals surface area contributed by atoms with Gasteiger partial charge in [-0.25, -0.2) is 0 Å². The maximum absolute atomic E-state index is 2.64. The number of nitrogens with zero attached hydrogens (tertiary/aromatic N) is 2. The number of hydrogen-bond donors (Lipinski definition) is 0. The van der Waals surface area contributed by atoms with Gasteiger partial charge in [-0.1, -0.05) is 12.1 Å². The fourth-order valence-electron chi connectivity index (χ4n) is 4.72. The summed E-state index contributed by atoms with van der Waals surface area (Å²) in [6.07, 6.45) is 1.26. The summed E-state index contributed by atoms with van der Waals surface area (Å²) in [6, 6.07) is 4.67. The zero-order valence-electron chi connectivity index (χ0n) is 19.3. The molecule has 2 heteroatoms. The Kier molecular flexibility index (Phi) is 6.31. The van der Waals surface area contributed by atoms with Crippen LogP contribution in [0.2, 0.25) is 0 Å². The monoisotopic (exact) mass is 378 g/mol. The van der Waals surface area contributed by atoms with Crippen LogP contribution in [0.5, 0.6) is 0 Å². The minimum absolute atomic E-state index is 1.07. The van der Waals surface area contributed by atoms with E-state index in [1.165, 1.54) is 75.1 Å². The van der Waals surface area contributed by atoms with Crippen molar-refractivity contribution in [3.63, 3.8) is 0 Å². The van der Waals surface area contributed by atoms with Crippen LogP contribution in [0, 0.1) is 55.4 Å². The molecular formula is C26H38N2. The van der Waals surface area contributed by atoms with Crippen molar-refractivity contribution >= 4 is 0 Å². The largest absolute Gasteiger partial charge is 0.286 e. The topological polar surface area (TPSA) is 6.48 Å². The van der Waals surface area contributed by atoms with Gasteiger partial charge in [0.2, 0.25) is 0 Å². The van der Waals surface area contributed by atoms with Gasteiger partial charge in [-0.3, -0.25) is 9.80 Å². The van der Waals surface area contributed by atoms with E-state index in [1.807, 2.05) is 0 Å². The van der Waals surface area contributed by atoms with Crippen LogP contribution in [0.1, 0.15) is 62.1 Å². The molecule has 0 saturated carbocycles. The quantitative estimate of drug-likeness (QED) is 0.661. The standard InChI is InChI=1S/C26H38N2/c1-17-12-18(2)22(6)25(21(17)5)14-27-10-9-11-28(16-27)15-26-23(7)19(3)13-20(4)24(26)8/h12-13H,9-11,14-16H2,1-8H3. The van der Waals surface area contributed by atoms with Crippen molar-refractivity contribution in [2.24, 2.45) is 0 Å². The number of aryl methyl sites for hydroxylation is 4. The van der Waals surface area contributed by atoms with E-state index in [9.17, 15) is 0 Å². The zero-order chi connectivity index (χ0) is 20.6. The highest BCUT2D eigenvalue weighted by Crippen LogP contribution is 2.26. The molecule has 2 aromatic carbocycles. The molecule has 2 aromatic rings. The summed E-state index contributed by atoms with van der Waals surface area (Å²) in [5, 5.41) is 0. The Balaban J connectivity index is 1.78. The molecule has 0 unspecified atom stereocenters. The summed E-state index contributed by atoms with van der Waals surface area (Å²) in [5.41, 5.74) is 14.7. The Labute approximate surface area is 172 Å². The molecule has 1 heterocycles. The zero-order valence-corrected chi connectivity index (χ0v) is 19.3. The second-order valence-electron chi connectivity index (χ2n) is 9.08. The smallest absolute Gasteiger partial charge is 0.0512 e. The van der Waals surface area contributed by atoms with Crippen LogP contribution >= 0.6 is 0 Å². The lowest BCUT2D eigenvalue weighted by atomic mass is 9.93. The van der Waals surface area contributed by atoms with E-state index in [4.69, 9.17) is 0 Å². The molecule has 0 spiro atoms. The molecule has 1 aliphatic heterocycles. The second kappa shape index (κ2) is 8.39. The third-order valence-corrected chi connectivity index (χ3v) is 7.15. The Morgan fingerprint density at radius 3 is 1.21 bits per heavy atom. The minimum Gasteiger partial charge on any atom is -0.286 e. The summed E-state index contributed by atoms with van der Waals surface area (Å²) in [4.78, 5) is 5.29. The van der Waals surface area contributed by atoms with Crippen LogP contribution < -0.4 is 0 Å². The van der Waals surface area contributed by atoms with E-state index in [-0.39, 0.29) is 0 Å². The summed E-state index contributed by atoms with van der Waals surface area (Å²) in [5.74, 6) is 0. The molecule has 1 aliphatic rings. The molecule has 2 nitrogen and oxygen atoms in total.